The van der Waals surface area contributed by atoms with Crippen LogP contribution < -0.4 is 15.9 Å². The molecule has 2 aliphatic heterocycles. The van der Waals surface area contributed by atoms with Crippen LogP contribution in [0.2, 0.25) is 18.1 Å². The van der Waals surface area contributed by atoms with E-state index in [1.165, 1.54) is 5.06 Å². The summed E-state index contributed by atoms with van der Waals surface area (Å²) in [6.45, 7) is 17.9. The molecule has 10 heteroatoms. The van der Waals surface area contributed by atoms with Crippen molar-refractivity contribution in [2.45, 2.75) is 76.9 Å². The van der Waals surface area contributed by atoms with Gasteiger partial charge in [-0.3, -0.25) is 14.5 Å². The second kappa shape index (κ2) is 17.6. The van der Waals surface area contributed by atoms with Crippen LogP contribution in [0.25, 0.3) is 0 Å². The van der Waals surface area contributed by atoms with Gasteiger partial charge in [-0.1, -0.05) is 142 Å². The molecule has 3 atom stereocenters. The number of hydrogen-bond acceptors (Lipinski definition) is 7. The van der Waals surface area contributed by atoms with E-state index in [1.807, 2.05) is 122 Å². The normalized spacial score (nSPS) is 19.6. The molecule has 1 amide bonds. The molecule has 57 heavy (non-hydrogen) atoms. The summed E-state index contributed by atoms with van der Waals surface area (Å²) in [6, 6.07) is 37.6. The predicted octanol–water partition coefficient (Wildman–Crippen LogP) is 7.53. The number of β-lactam (4-membered cyclic amide) rings is 1. The van der Waals surface area contributed by atoms with Gasteiger partial charge in [-0.2, -0.15) is 5.06 Å². The molecule has 2 saturated heterocycles. The minimum absolute atomic E-state index is 0.0763. The maximum Gasteiger partial charge on any atom is 0.357 e. The number of hydrogen-bond donors (Lipinski definition) is 0. The van der Waals surface area contributed by atoms with Gasteiger partial charge in [0.15, 0.2) is 14.1 Å². The van der Waals surface area contributed by atoms with Gasteiger partial charge in [-0.25, -0.2) is 4.79 Å². The summed E-state index contributed by atoms with van der Waals surface area (Å²) in [6.07, 6.45) is 1.30. The second-order valence-corrected chi connectivity index (χ2v) is 24.8. The molecule has 2 heterocycles. The van der Waals surface area contributed by atoms with E-state index in [1.54, 1.807) is 11.9 Å². The molecule has 6 rings (SSSR count). The fraction of sp³-hybridized carbons (Fsp3) is 0.362. The van der Waals surface area contributed by atoms with Crippen molar-refractivity contribution >= 4 is 54.6 Å². The van der Waals surface area contributed by atoms with Crippen molar-refractivity contribution in [1.82, 2.24) is 9.96 Å². The van der Waals surface area contributed by atoms with Crippen LogP contribution in [0, 0.1) is 5.92 Å². The van der Waals surface area contributed by atoms with Gasteiger partial charge in [0.2, 0.25) is 0 Å². The van der Waals surface area contributed by atoms with E-state index < -0.39 is 38.7 Å². The van der Waals surface area contributed by atoms with Gasteiger partial charge in [0, 0.05) is 37.4 Å². The zero-order valence-corrected chi connectivity index (χ0v) is 36.1. The number of Topliss-reactive ketones (excluding diaryl/α,β-unsaturated/α-hetero) is 1. The van der Waals surface area contributed by atoms with E-state index in [-0.39, 0.29) is 29.6 Å². The third-order valence-electron chi connectivity index (χ3n) is 11.9. The number of rotatable bonds is 15. The highest BCUT2D eigenvalue weighted by atomic mass is 31.2. The molecule has 0 spiro atoms. The molecule has 0 unspecified atom stereocenters. The summed E-state index contributed by atoms with van der Waals surface area (Å²) in [5.74, 6) is -0.299. The number of nitrogens with zero attached hydrogens (tertiary/aromatic N) is 2. The van der Waals surface area contributed by atoms with Crippen molar-refractivity contribution in [3.05, 3.63) is 139 Å². The van der Waals surface area contributed by atoms with Gasteiger partial charge in [-0.05, 0) is 59.8 Å². The molecular formula is C47H57N2O6PSi. The van der Waals surface area contributed by atoms with Crippen LogP contribution in [0.4, 0.5) is 0 Å². The minimum Gasteiger partial charge on any atom is -0.413 e. The topological polar surface area (TPSA) is 85.4 Å². The number of carbonyl (C=O) groups is 3. The van der Waals surface area contributed by atoms with Crippen LogP contribution >= 0.6 is 6.89 Å². The zero-order chi connectivity index (χ0) is 40.8. The van der Waals surface area contributed by atoms with E-state index >= 15 is 0 Å². The number of benzene rings is 4. The van der Waals surface area contributed by atoms with Gasteiger partial charge in [0.05, 0.1) is 25.2 Å². The lowest BCUT2D eigenvalue weighted by atomic mass is 9.67. The van der Waals surface area contributed by atoms with E-state index in [4.69, 9.17) is 14.0 Å². The maximum absolute atomic E-state index is 14.6. The maximum atomic E-state index is 14.6. The SMILES string of the molecule is C=CC[C@@]1(CC(=O)c2ccc(CN3CCOCC3)cc2)[C@@H]([C@@H](C)O[Si](C)(C)C(C)(C)C)C(=O)N1OC(=O)C=P(c1ccccc1)(c1ccccc1)c1ccccc1. The molecule has 0 aliphatic carbocycles. The Hall–Kier alpha value is -4.37. The Balaban J connectivity index is 1.39. The Kier molecular flexibility index (Phi) is 13.1. The Bertz CT molecular complexity index is 1980. The molecule has 300 valence electrons. The van der Waals surface area contributed by atoms with E-state index in [0.29, 0.717) is 18.8 Å². The summed E-state index contributed by atoms with van der Waals surface area (Å²) in [7, 11) is -2.36. The molecule has 2 aliphatic rings. The Morgan fingerprint density at radius 2 is 1.39 bits per heavy atom. The molecular weight excluding hydrogens is 748 g/mol. The van der Waals surface area contributed by atoms with Crippen molar-refractivity contribution in [3.63, 3.8) is 0 Å². The molecule has 0 N–H and O–H groups in total. The lowest BCUT2D eigenvalue weighted by Crippen LogP contribution is -2.74. The Labute approximate surface area is 339 Å². The fourth-order valence-corrected chi connectivity index (χ4v) is 13.0. The average Bonchev–Trinajstić information content (AvgIpc) is 3.20. The Morgan fingerprint density at radius 3 is 1.86 bits per heavy atom. The van der Waals surface area contributed by atoms with Crippen LogP contribution in [-0.4, -0.2) is 79.7 Å². The largest absolute Gasteiger partial charge is 0.413 e. The summed E-state index contributed by atoms with van der Waals surface area (Å²) in [5, 5.41) is 3.95. The lowest BCUT2D eigenvalue weighted by molar-refractivity contribution is -0.268. The van der Waals surface area contributed by atoms with Crippen molar-refractivity contribution in [2.24, 2.45) is 5.92 Å². The fourth-order valence-electron chi connectivity index (χ4n) is 7.96. The van der Waals surface area contributed by atoms with Gasteiger partial charge in [-0.15, -0.1) is 6.58 Å². The summed E-state index contributed by atoms with van der Waals surface area (Å²) in [4.78, 5) is 52.1. The monoisotopic (exact) mass is 804 g/mol. The number of ether oxygens (including phenoxy) is 1. The van der Waals surface area contributed by atoms with Crippen molar-refractivity contribution in [1.29, 1.82) is 0 Å². The van der Waals surface area contributed by atoms with Crippen LogP contribution in [0.5, 0.6) is 0 Å². The van der Waals surface area contributed by atoms with Crippen LogP contribution in [0.15, 0.2) is 128 Å². The van der Waals surface area contributed by atoms with E-state index in [0.717, 1.165) is 41.1 Å². The van der Waals surface area contributed by atoms with Crippen LogP contribution in [-0.2, 0) is 30.1 Å². The van der Waals surface area contributed by atoms with E-state index in [2.05, 4.69) is 45.3 Å². The van der Waals surface area contributed by atoms with Gasteiger partial charge < -0.3 is 14.0 Å². The van der Waals surface area contributed by atoms with Crippen LogP contribution in [0.1, 0.15) is 56.5 Å². The standard InChI is InChI=1S/C47H57N2O6PSi/c1-8-28-47(33-42(50)38-26-24-37(25-27-38)34-48-29-31-53-32-30-48)44(36(2)55-57(6,7)46(3,4)5)45(52)49(47)54-43(51)35-56(39-18-12-9-13-19-39,40-20-14-10-15-21-40)41-22-16-11-17-23-41/h8-27,35-36,44H,1,28-34H2,2-7H3/t36-,44+,47-/m1/s1. The predicted molar refractivity (Wildman–Crippen MR) is 234 cm³/mol. The van der Waals surface area contributed by atoms with Gasteiger partial charge >= 0.3 is 5.97 Å². The highest BCUT2D eigenvalue weighted by molar-refractivity contribution is 7.95. The highest BCUT2D eigenvalue weighted by Gasteiger charge is 2.65. The first-order valence-electron chi connectivity index (χ1n) is 19.9. The molecule has 0 radical (unpaired) electrons. The number of amides is 1. The number of carbonyl (C=O) groups excluding carboxylic acids is 3. The molecule has 8 nitrogen and oxygen atoms in total. The van der Waals surface area contributed by atoms with Crippen LogP contribution in [0.3, 0.4) is 0 Å². The number of ketones is 1. The highest BCUT2D eigenvalue weighted by Crippen LogP contribution is 2.50. The summed E-state index contributed by atoms with van der Waals surface area (Å²) in [5.41, 5.74) is 0.414. The second-order valence-electron chi connectivity index (χ2n) is 16.7. The minimum atomic E-state index is -2.76. The molecule has 0 bridgehead atoms. The molecule has 4 aromatic rings. The Morgan fingerprint density at radius 1 is 0.877 bits per heavy atom. The van der Waals surface area contributed by atoms with Gasteiger partial charge in [0.25, 0.3) is 5.91 Å². The molecule has 4 aromatic carbocycles. The molecule has 0 saturated carbocycles. The third kappa shape index (κ3) is 8.88. The first-order valence-corrected chi connectivity index (χ1v) is 24.7. The third-order valence-corrected chi connectivity index (χ3v) is 20.4. The number of morpholine rings is 1. The quantitative estimate of drug-likeness (QED) is 0.0404. The smallest absolute Gasteiger partial charge is 0.357 e. The van der Waals surface area contributed by atoms with E-state index in [9.17, 15) is 14.4 Å². The molecule has 2 fully saturated rings. The zero-order valence-electron chi connectivity index (χ0n) is 34.2. The van der Waals surface area contributed by atoms with Crippen molar-refractivity contribution in [2.75, 3.05) is 26.3 Å². The first-order chi connectivity index (χ1) is 27.2. The summed E-state index contributed by atoms with van der Waals surface area (Å²) >= 11 is 0. The lowest BCUT2D eigenvalue weighted by Gasteiger charge is -2.57. The average molecular weight is 805 g/mol. The van der Waals surface area contributed by atoms with Crippen molar-refractivity contribution < 1.29 is 28.4 Å². The molecule has 0 aromatic heterocycles. The first kappa shape index (κ1) is 42.2. The summed E-state index contributed by atoms with van der Waals surface area (Å²) < 4.78 is 12.4. The van der Waals surface area contributed by atoms with Crippen molar-refractivity contribution in [3.8, 4) is 0 Å². The van der Waals surface area contributed by atoms with Gasteiger partial charge in [0.1, 0.15) is 5.54 Å². The number of hydroxylamine groups is 2.